The first-order chi connectivity index (χ1) is 23.8. The van der Waals surface area contributed by atoms with E-state index in [-0.39, 0.29) is 17.1 Å². The maximum atomic E-state index is 6.85. The molecule has 0 saturated heterocycles. The molecule has 0 unspecified atom stereocenters. The van der Waals surface area contributed by atoms with E-state index in [1.165, 1.54) is 18.2 Å². The summed E-state index contributed by atoms with van der Waals surface area (Å²) >= 11 is 0. The average molecular weight is 803 g/mol. The number of hydrogen-bond acceptors (Lipinski definition) is 0. The van der Waals surface area contributed by atoms with Crippen molar-refractivity contribution in [1.29, 1.82) is 0 Å². The molecule has 2 nitrogen and oxygen atoms in total. The number of benzene rings is 3. The molecule has 0 aliphatic rings. The number of rotatable bonds is 13. The summed E-state index contributed by atoms with van der Waals surface area (Å²) < 4.78 is 0. The zero-order chi connectivity index (χ0) is 39.1. The molecule has 285 valence electrons. The summed E-state index contributed by atoms with van der Waals surface area (Å²) in [6.45, 7) is 51.8. The summed E-state index contributed by atoms with van der Waals surface area (Å²) in [7, 11) is -1.24. The van der Waals surface area contributed by atoms with Crippen LogP contribution in [0.3, 0.4) is 0 Å². The number of aryl methyl sites for hydroxylation is 4. The molecule has 0 saturated carbocycles. The smallest absolute Gasteiger partial charge is 0.238 e. The van der Waals surface area contributed by atoms with Gasteiger partial charge in [-0.3, -0.25) is 0 Å². The molecule has 3 aromatic rings. The van der Waals surface area contributed by atoms with Crippen molar-refractivity contribution in [3.8, 4) is 0 Å². The first-order valence-corrected chi connectivity index (χ1v) is 25.1. The van der Waals surface area contributed by atoms with Crippen LogP contribution in [0.4, 0.5) is 11.4 Å². The summed E-state index contributed by atoms with van der Waals surface area (Å²) in [5.74, 6) is 0. The van der Waals surface area contributed by atoms with E-state index < -0.39 is 29.9 Å². The third kappa shape index (κ3) is 15.7. The predicted octanol–water partition coefficient (Wildman–Crippen LogP) is 13.8. The molecule has 0 spiro atoms. The summed E-state index contributed by atoms with van der Waals surface area (Å²) in [4.78, 5) is 6.84. The van der Waals surface area contributed by atoms with Crippen molar-refractivity contribution in [3.05, 3.63) is 112 Å². The Kier molecular flexibility index (Phi) is 24.1. The van der Waals surface area contributed by atoms with Crippen molar-refractivity contribution < 1.29 is 17.1 Å². The second kappa shape index (κ2) is 24.8. The Bertz CT molecular complexity index is 1360. The first-order valence-electron chi connectivity index (χ1n) is 19.5. The maximum absolute atomic E-state index is 6.85. The Labute approximate surface area is 336 Å². The van der Waals surface area contributed by atoms with Gasteiger partial charge in [-0.25, -0.2) is 9.69 Å². The van der Waals surface area contributed by atoms with Gasteiger partial charge < -0.3 is 0 Å². The molecule has 1 radical (unpaired) electrons. The molecule has 0 aliphatic carbocycles. The molecule has 0 aliphatic heterocycles. The molecule has 3 rings (SSSR count). The van der Waals surface area contributed by atoms with Crippen LogP contribution in [0.25, 0.3) is 9.69 Å². The van der Waals surface area contributed by atoms with E-state index in [1.54, 1.807) is 5.46 Å². The van der Waals surface area contributed by atoms with Gasteiger partial charge in [0.05, 0.1) is 47.1 Å². The molecule has 0 N–H and O–H groups in total. The number of para-hydroxylation sites is 2. The van der Waals surface area contributed by atoms with Crippen LogP contribution in [-0.4, -0.2) is 58.3 Å². The summed E-state index contributed by atoms with van der Waals surface area (Å²) in [6, 6.07) is 28.3. The quantitative estimate of drug-likeness (QED) is 0.0925. The Morgan fingerprint density at radius 1 is 0.442 bits per heavy atom. The molecule has 7 heteroatoms. The average Bonchev–Trinajstić information content (AvgIpc) is 3.05. The molecule has 0 atom stereocenters. The molecular weight excluding hydrogens is 728 g/mol. The molecule has 0 fully saturated rings. The number of hydrogen-bond donors (Lipinski definition) is 0. The summed E-state index contributed by atoms with van der Waals surface area (Å²) in [6.07, 6.45) is -0.509. The topological polar surface area (TPSA) is 8.72 Å². The predicted molar refractivity (Wildman–Crippen MR) is 247 cm³/mol. The minimum Gasteiger partial charge on any atom is -0.238 e. The number of nitrogens with zero attached hydrogens (tertiary/aromatic N) is 2. The van der Waals surface area contributed by atoms with Crippen molar-refractivity contribution in [2.75, 3.05) is 18.2 Å². The summed E-state index contributed by atoms with van der Waals surface area (Å²) in [5.41, 5.74) is 12.7. The monoisotopic (exact) mass is 802 g/mol. The fraction of sp³-hybridized carbons (Fsp3) is 0.556. The van der Waals surface area contributed by atoms with E-state index in [9.17, 15) is 0 Å². The van der Waals surface area contributed by atoms with E-state index in [0.717, 1.165) is 67.6 Å². The first kappa shape index (κ1) is 50.5. The van der Waals surface area contributed by atoms with E-state index in [2.05, 4.69) is 123 Å². The van der Waals surface area contributed by atoms with E-state index in [1.807, 2.05) is 64.1 Å². The van der Waals surface area contributed by atoms with Gasteiger partial charge in [-0.2, -0.15) is 5.46 Å². The maximum Gasteiger partial charge on any atom is 3.00 e. The van der Waals surface area contributed by atoms with Crippen LogP contribution in [0.2, 0.25) is 0 Å². The minimum atomic E-state index is -0.509. The summed E-state index contributed by atoms with van der Waals surface area (Å²) in [5, 5.41) is 0. The van der Waals surface area contributed by atoms with Crippen LogP contribution in [0, 0.1) is 40.8 Å². The van der Waals surface area contributed by atoms with Gasteiger partial charge in [-0.15, -0.1) is 0 Å². The van der Waals surface area contributed by atoms with E-state index in [0.29, 0.717) is 0 Å². The molecule has 0 amide bonds. The second-order valence-electron chi connectivity index (χ2n) is 16.9. The van der Waals surface area contributed by atoms with Gasteiger partial charge in [0.2, 0.25) is 0 Å². The van der Waals surface area contributed by atoms with Crippen LogP contribution in [0.5, 0.6) is 0 Å². The van der Waals surface area contributed by atoms with Gasteiger partial charge in [0.15, 0.2) is 11.4 Å². The molecule has 0 aromatic heterocycles. The van der Waals surface area contributed by atoms with Crippen molar-refractivity contribution in [2.24, 2.45) is 0 Å². The Morgan fingerprint density at radius 3 is 0.885 bits per heavy atom. The van der Waals surface area contributed by atoms with Crippen molar-refractivity contribution in [3.63, 3.8) is 0 Å². The minimum absolute atomic E-state index is 0. The third-order valence-corrected chi connectivity index (χ3v) is 23.6. The van der Waals surface area contributed by atoms with Crippen LogP contribution in [-0.2, 0) is 17.1 Å². The van der Waals surface area contributed by atoms with Gasteiger partial charge in [0.1, 0.15) is 6.15 Å². The van der Waals surface area contributed by atoms with Crippen LogP contribution < -0.4 is 5.46 Å². The van der Waals surface area contributed by atoms with Gasteiger partial charge >= 0.3 is 17.1 Å². The van der Waals surface area contributed by atoms with Gasteiger partial charge in [-0.1, -0.05) is 84.9 Å². The molecule has 0 bridgehead atoms. The SMILES string of the molecule is CC(C)[PH+](C[B-](C[PH+](C(C)C)C(C)C)(C[PH+](C(C)C)C(C)C)c1ccccc1)C(C)C.[C-]#[N+]c1c(C)cccc1C.[C-]#[N+]c1c(C)cccc1C.[Fe+3]. The van der Waals surface area contributed by atoms with Gasteiger partial charge in [-0.05, 0) is 157 Å². The largest absolute Gasteiger partial charge is 3.00 e. The van der Waals surface area contributed by atoms with Gasteiger partial charge in [0.25, 0.3) is 0 Å². The van der Waals surface area contributed by atoms with Crippen molar-refractivity contribution in [1.82, 2.24) is 0 Å². The normalized spacial score (nSPS) is 11.5. The van der Waals surface area contributed by atoms with Crippen LogP contribution in [0.15, 0.2) is 66.7 Å². The second-order valence-corrected chi connectivity index (χ2v) is 28.5. The molecule has 3 aromatic carbocycles. The van der Waals surface area contributed by atoms with Crippen LogP contribution in [0.1, 0.15) is 105 Å². The van der Waals surface area contributed by atoms with E-state index >= 15 is 0 Å². The molecule has 52 heavy (non-hydrogen) atoms. The Morgan fingerprint density at radius 2 is 0.692 bits per heavy atom. The Balaban J connectivity index is 0.000000996. The third-order valence-electron chi connectivity index (χ3n) is 10.9. The molecular formula is C45H74BFeN2P3+5. The molecule has 0 heterocycles. The Hall–Kier alpha value is -1.49. The fourth-order valence-corrected chi connectivity index (χ4v) is 20.1. The fourth-order valence-electron chi connectivity index (χ4n) is 8.16. The van der Waals surface area contributed by atoms with Gasteiger partial charge in [0, 0.05) is 0 Å². The zero-order valence-corrected chi connectivity index (χ0v) is 39.9. The zero-order valence-electron chi connectivity index (χ0n) is 35.8. The standard InChI is InChI=1S/C27H53BP3.2C9H9N.Fe/c1-21(2)29(22(3)4)18-28(27-16-14-13-15-17-27,19-30(23(5)6)24(7)8)20-31(25(9)10)26(11)12;2*1-7-5-4-6-8(2)9(7)10-3;/h13-17,21-26H,18-20H2,1-12H3;2*4-6H,1-2H3;/q-1;;;+3/p+3. The van der Waals surface area contributed by atoms with Crippen LogP contribution >= 0.6 is 23.8 Å². The van der Waals surface area contributed by atoms with Crippen molar-refractivity contribution >= 4 is 46.7 Å². The van der Waals surface area contributed by atoms with E-state index in [4.69, 9.17) is 13.1 Å². The van der Waals surface area contributed by atoms with Crippen molar-refractivity contribution in [2.45, 2.75) is 145 Å².